The van der Waals surface area contributed by atoms with Crippen LogP contribution in [0.1, 0.15) is 25.7 Å². The first-order valence-corrected chi connectivity index (χ1v) is 14.8. The zero-order valence-electron chi connectivity index (χ0n) is 22.1. The molecular weight excluding hydrogens is 544 g/mol. The second-order valence-electron chi connectivity index (χ2n) is 10.1. The molecule has 4 heterocycles. The van der Waals surface area contributed by atoms with Crippen LogP contribution in [-0.2, 0) is 4.79 Å². The SMILES string of the molecule is C=CC(=O)Nc1cccc(Oc2nc(Nc3ccc(N4CCC(N5CCCC5)CC4)c(Cl)c3)nc3ccsc23)c1. The van der Waals surface area contributed by atoms with Crippen molar-refractivity contribution in [3.63, 3.8) is 0 Å². The Bertz CT molecular complexity index is 1530. The van der Waals surface area contributed by atoms with Crippen molar-refractivity contribution < 1.29 is 9.53 Å². The Morgan fingerprint density at radius 2 is 1.88 bits per heavy atom. The van der Waals surface area contributed by atoms with Gasteiger partial charge in [-0.25, -0.2) is 4.98 Å². The lowest BCUT2D eigenvalue weighted by molar-refractivity contribution is -0.111. The summed E-state index contributed by atoms with van der Waals surface area (Å²) in [5, 5.41) is 8.70. The predicted octanol–water partition coefficient (Wildman–Crippen LogP) is 7.07. The topological polar surface area (TPSA) is 82.6 Å². The summed E-state index contributed by atoms with van der Waals surface area (Å²) in [5.74, 6) is 1.09. The fourth-order valence-corrected chi connectivity index (χ4v) is 6.51. The summed E-state index contributed by atoms with van der Waals surface area (Å²) in [6, 6.07) is 15.8. The Balaban J connectivity index is 1.17. The van der Waals surface area contributed by atoms with Gasteiger partial charge < -0.3 is 25.2 Å². The average molecular weight is 575 g/mol. The summed E-state index contributed by atoms with van der Waals surface area (Å²) < 4.78 is 6.99. The van der Waals surface area contributed by atoms with Crippen LogP contribution in [0.2, 0.25) is 5.02 Å². The first kappa shape index (κ1) is 26.6. The minimum absolute atomic E-state index is 0.289. The predicted molar refractivity (Wildman–Crippen MR) is 164 cm³/mol. The van der Waals surface area contributed by atoms with Crippen molar-refractivity contribution in [2.45, 2.75) is 31.7 Å². The molecule has 2 N–H and O–H groups in total. The van der Waals surface area contributed by atoms with Crippen molar-refractivity contribution >= 4 is 62.1 Å². The van der Waals surface area contributed by atoms with Crippen LogP contribution >= 0.6 is 22.9 Å². The van der Waals surface area contributed by atoms with E-state index >= 15 is 0 Å². The summed E-state index contributed by atoms with van der Waals surface area (Å²) in [7, 11) is 0. The molecule has 40 heavy (non-hydrogen) atoms. The molecule has 2 saturated heterocycles. The summed E-state index contributed by atoms with van der Waals surface area (Å²) in [5.41, 5.74) is 3.24. The number of piperidine rings is 1. The minimum Gasteiger partial charge on any atom is -0.437 e. The molecule has 2 aliphatic heterocycles. The smallest absolute Gasteiger partial charge is 0.247 e. The highest BCUT2D eigenvalue weighted by molar-refractivity contribution is 7.17. The summed E-state index contributed by atoms with van der Waals surface area (Å²) in [4.78, 5) is 26.1. The Hall–Kier alpha value is -3.66. The third-order valence-corrected chi connectivity index (χ3v) is 8.63. The van der Waals surface area contributed by atoms with Gasteiger partial charge in [-0.05, 0) is 86.6 Å². The maximum atomic E-state index is 11.7. The maximum absolute atomic E-state index is 11.7. The number of rotatable bonds is 8. The van der Waals surface area contributed by atoms with Gasteiger partial charge >= 0.3 is 0 Å². The van der Waals surface area contributed by atoms with Crippen molar-refractivity contribution in [3.05, 3.63) is 71.6 Å². The van der Waals surface area contributed by atoms with Crippen LogP contribution in [-0.4, -0.2) is 53.0 Å². The van der Waals surface area contributed by atoms with Crippen molar-refractivity contribution in [3.8, 4) is 11.6 Å². The highest BCUT2D eigenvalue weighted by Crippen LogP contribution is 2.36. The number of fused-ring (bicyclic) bond motifs is 1. The molecule has 10 heteroatoms. The van der Waals surface area contributed by atoms with Gasteiger partial charge in [0.05, 0.1) is 16.2 Å². The molecule has 2 aromatic carbocycles. The number of carbonyl (C=O) groups excluding carboxylic acids is 1. The van der Waals surface area contributed by atoms with Crippen LogP contribution < -0.4 is 20.3 Å². The average Bonchev–Trinajstić information content (AvgIpc) is 3.67. The van der Waals surface area contributed by atoms with E-state index in [0.29, 0.717) is 34.3 Å². The molecule has 0 aliphatic carbocycles. The molecular formula is C30H31ClN6O2S. The van der Waals surface area contributed by atoms with Gasteiger partial charge in [-0.2, -0.15) is 4.98 Å². The van der Waals surface area contributed by atoms with Gasteiger partial charge in [0.15, 0.2) is 0 Å². The minimum atomic E-state index is -0.289. The number of amides is 1. The Kier molecular flexibility index (Phi) is 7.86. The number of likely N-dealkylation sites (tertiary alicyclic amines) is 1. The molecule has 6 rings (SSSR count). The number of carbonyl (C=O) groups is 1. The Morgan fingerprint density at radius 3 is 2.65 bits per heavy atom. The quantitative estimate of drug-likeness (QED) is 0.218. The molecule has 2 aromatic heterocycles. The second-order valence-corrected chi connectivity index (χ2v) is 11.4. The van der Waals surface area contributed by atoms with Crippen molar-refractivity contribution in [2.75, 3.05) is 41.7 Å². The Morgan fingerprint density at radius 1 is 1.05 bits per heavy atom. The molecule has 0 radical (unpaired) electrons. The molecule has 4 aromatic rings. The van der Waals surface area contributed by atoms with Gasteiger partial charge in [-0.1, -0.05) is 24.2 Å². The van der Waals surface area contributed by atoms with Gasteiger partial charge in [0.25, 0.3) is 0 Å². The number of hydrogen-bond donors (Lipinski definition) is 2. The number of halogens is 1. The molecule has 206 valence electrons. The van der Waals surface area contributed by atoms with Crippen LogP contribution in [0, 0.1) is 0 Å². The summed E-state index contributed by atoms with van der Waals surface area (Å²) in [6.07, 6.45) is 6.25. The van der Waals surface area contributed by atoms with E-state index in [4.69, 9.17) is 16.3 Å². The number of nitrogens with one attached hydrogen (secondary N) is 2. The monoisotopic (exact) mass is 574 g/mol. The van der Waals surface area contributed by atoms with Crippen LogP contribution in [0.5, 0.6) is 11.6 Å². The standard InChI is InChI=1S/C30H31ClN6O2S/c1-2-27(38)32-20-6-5-7-23(18-20)39-29-28-25(12-17-40-28)34-30(35-29)33-21-8-9-26(24(31)19-21)37-15-10-22(11-16-37)36-13-3-4-14-36/h2,5-9,12,17-19,22H,1,3-4,10-11,13-16H2,(H,32,38)(H,33,34,35). The van der Waals surface area contributed by atoms with Crippen molar-refractivity contribution in [1.82, 2.24) is 14.9 Å². The van der Waals surface area contributed by atoms with E-state index in [9.17, 15) is 4.79 Å². The number of nitrogens with zero attached hydrogens (tertiary/aromatic N) is 4. The fourth-order valence-electron chi connectivity index (χ4n) is 5.45. The lowest BCUT2D eigenvalue weighted by Gasteiger charge is -2.38. The lowest BCUT2D eigenvalue weighted by Crippen LogP contribution is -2.43. The van der Waals surface area contributed by atoms with Gasteiger partial charge in [0, 0.05) is 36.6 Å². The van der Waals surface area contributed by atoms with Gasteiger partial charge in [0.1, 0.15) is 10.4 Å². The number of benzene rings is 2. The van der Waals surface area contributed by atoms with Crippen LogP contribution in [0.3, 0.4) is 0 Å². The third-order valence-electron chi connectivity index (χ3n) is 7.44. The molecule has 0 spiro atoms. The van der Waals surface area contributed by atoms with E-state index < -0.39 is 0 Å². The number of ether oxygens (including phenoxy) is 1. The summed E-state index contributed by atoms with van der Waals surface area (Å²) in [6.45, 7) is 8.02. The zero-order valence-corrected chi connectivity index (χ0v) is 23.7. The van der Waals surface area contributed by atoms with E-state index in [1.54, 1.807) is 18.2 Å². The number of thiophene rings is 1. The number of aromatic nitrogens is 2. The van der Waals surface area contributed by atoms with E-state index in [1.165, 1.54) is 56.2 Å². The van der Waals surface area contributed by atoms with Crippen molar-refractivity contribution in [1.29, 1.82) is 0 Å². The molecule has 2 aliphatic rings. The summed E-state index contributed by atoms with van der Waals surface area (Å²) >= 11 is 8.28. The van der Waals surface area contributed by atoms with Gasteiger partial charge in [0.2, 0.25) is 17.7 Å². The highest BCUT2D eigenvalue weighted by Gasteiger charge is 2.27. The largest absolute Gasteiger partial charge is 0.437 e. The van der Waals surface area contributed by atoms with Crippen LogP contribution in [0.15, 0.2) is 66.6 Å². The molecule has 1 amide bonds. The molecule has 8 nitrogen and oxygen atoms in total. The molecule has 0 saturated carbocycles. The van der Waals surface area contributed by atoms with E-state index in [2.05, 4.69) is 43.0 Å². The molecule has 2 fully saturated rings. The first-order valence-electron chi connectivity index (χ1n) is 13.6. The normalized spacial score (nSPS) is 16.3. The Labute approximate surface area is 242 Å². The van der Waals surface area contributed by atoms with Gasteiger partial charge in [-0.15, -0.1) is 11.3 Å². The molecule has 0 atom stereocenters. The molecule has 0 bridgehead atoms. The van der Waals surface area contributed by atoms with E-state index in [0.717, 1.165) is 34.7 Å². The zero-order chi connectivity index (χ0) is 27.5. The lowest BCUT2D eigenvalue weighted by atomic mass is 10.0. The van der Waals surface area contributed by atoms with E-state index in [-0.39, 0.29) is 5.91 Å². The number of hydrogen-bond acceptors (Lipinski definition) is 8. The maximum Gasteiger partial charge on any atom is 0.247 e. The highest BCUT2D eigenvalue weighted by atomic mass is 35.5. The first-order chi connectivity index (χ1) is 19.6. The van der Waals surface area contributed by atoms with Crippen LogP contribution in [0.25, 0.3) is 10.2 Å². The van der Waals surface area contributed by atoms with E-state index in [1.807, 2.05) is 29.6 Å². The second kappa shape index (κ2) is 11.8. The molecule has 0 unspecified atom stereocenters. The van der Waals surface area contributed by atoms with Crippen LogP contribution in [0.4, 0.5) is 23.0 Å². The fraction of sp³-hybridized carbons (Fsp3) is 0.300. The number of anilines is 4. The van der Waals surface area contributed by atoms with Crippen molar-refractivity contribution in [2.24, 2.45) is 0 Å². The third kappa shape index (κ3) is 5.91. The van der Waals surface area contributed by atoms with Gasteiger partial charge in [-0.3, -0.25) is 4.79 Å².